The lowest BCUT2D eigenvalue weighted by atomic mass is 10.1. The van der Waals surface area contributed by atoms with Gasteiger partial charge in [-0.2, -0.15) is 0 Å². The molecule has 2 aromatic rings. The van der Waals surface area contributed by atoms with E-state index in [1.54, 1.807) is 0 Å². The quantitative estimate of drug-likeness (QED) is 0.893. The molecule has 0 aromatic carbocycles. The highest BCUT2D eigenvalue weighted by Crippen LogP contribution is 2.09. The van der Waals surface area contributed by atoms with Gasteiger partial charge in [-0.25, -0.2) is 9.97 Å². The molecule has 0 saturated carbocycles. The molecule has 0 unspecified atom stereocenters. The fourth-order valence-electron chi connectivity index (χ4n) is 1.91. The van der Waals surface area contributed by atoms with E-state index in [1.807, 2.05) is 24.7 Å². The molecule has 1 atom stereocenters. The molecule has 0 aliphatic heterocycles. The highest BCUT2D eigenvalue weighted by molar-refractivity contribution is 5.28. The molecule has 0 radical (unpaired) electrons. The molecule has 0 saturated heterocycles. The van der Waals surface area contributed by atoms with Crippen LogP contribution in [0.4, 0.5) is 5.95 Å². The fraction of sp³-hybridized carbons (Fsp3) is 0.400. The zero-order valence-electron chi connectivity index (χ0n) is 11.7. The van der Waals surface area contributed by atoms with E-state index in [9.17, 15) is 0 Å². The van der Waals surface area contributed by atoms with Gasteiger partial charge in [0.15, 0.2) is 0 Å². The number of hydrogen-bond acceptors (Lipinski definition) is 4. The third-order valence-electron chi connectivity index (χ3n) is 3.11. The van der Waals surface area contributed by atoms with E-state index in [2.05, 4.69) is 47.1 Å². The average Bonchev–Trinajstić information content (AvgIpc) is 2.42. The lowest BCUT2D eigenvalue weighted by Crippen LogP contribution is -2.20. The predicted molar refractivity (Wildman–Crippen MR) is 77.2 cm³/mol. The Balaban J connectivity index is 1.97. The molecule has 19 heavy (non-hydrogen) atoms. The topological polar surface area (TPSA) is 50.7 Å². The van der Waals surface area contributed by atoms with Crippen LogP contribution in [0.2, 0.25) is 0 Å². The van der Waals surface area contributed by atoms with Crippen LogP contribution in [0.1, 0.15) is 30.7 Å². The zero-order chi connectivity index (χ0) is 13.7. The van der Waals surface area contributed by atoms with Crippen LogP contribution >= 0.6 is 0 Å². The van der Waals surface area contributed by atoms with Crippen molar-refractivity contribution in [1.29, 1.82) is 0 Å². The summed E-state index contributed by atoms with van der Waals surface area (Å²) in [5, 5.41) is 3.31. The molecule has 0 aliphatic rings. The van der Waals surface area contributed by atoms with E-state index in [1.165, 1.54) is 5.56 Å². The van der Waals surface area contributed by atoms with Gasteiger partial charge >= 0.3 is 0 Å². The van der Waals surface area contributed by atoms with Crippen LogP contribution in [-0.2, 0) is 12.8 Å². The van der Waals surface area contributed by atoms with Gasteiger partial charge in [-0.1, -0.05) is 13.0 Å². The van der Waals surface area contributed by atoms with Gasteiger partial charge in [0, 0.05) is 36.7 Å². The zero-order valence-corrected chi connectivity index (χ0v) is 11.7. The van der Waals surface area contributed by atoms with Crippen LogP contribution in [0.5, 0.6) is 0 Å². The Morgan fingerprint density at radius 3 is 2.58 bits per heavy atom. The van der Waals surface area contributed by atoms with Crippen molar-refractivity contribution in [2.45, 2.75) is 39.7 Å². The van der Waals surface area contributed by atoms with E-state index in [4.69, 9.17) is 0 Å². The molecule has 2 rings (SSSR count). The second kappa shape index (κ2) is 6.27. The van der Waals surface area contributed by atoms with Gasteiger partial charge in [0.25, 0.3) is 0 Å². The molecule has 4 nitrogen and oxygen atoms in total. The van der Waals surface area contributed by atoms with Crippen molar-refractivity contribution in [3.8, 4) is 0 Å². The maximum atomic E-state index is 4.41. The van der Waals surface area contributed by atoms with Crippen molar-refractivity contribution < 1.29 is 0 Å². The molecule has 100 valence electrons. The summed E-state index contributed by atoms with van der Waals surface area (Å²) in [7, 11) is 0. The molecular formula is C15H20N4. The fourth-order valence-corrected chi connectivity index (χ4v) is 1.91. The van der Waals surface area contributed by atoms with Crippen molar-refractivity contribution in [2.75, 3.05) is 5.32 Å². The summed E-state index contributed by atoms with van der Waals surface area (Å²) in [6, 6.07) is 4.30. The highest BCUT2D eigenvalue weighted by atomic mass is 15.1. The van der Waals surface area contributed by atoms with Gasteiger partial charge in [0.05, 0.1) is 0 Å². The molecule has 0 fully saturated rings. The first-order valence-electron chi connectivity index (χ1n) is 6.67. The molecular weight excluding hydrogens is 236 g/mol. The van der Waals surface area contributed by atoms with E-state index < -0.39 is 0 Å². The van der Waals surface area contributed by atoms with Crippen molar-refractivity contribution in [1.82, 2.24) is 15.0 Å². The summed E-state index contributed by atoms with van der Waals surface area (Å²) < 4.78 is 0. The molecule has 2 aromatic heterocycles. The Bertz CT molecular complexity index is 522. The van der Waals surface area contributed by atoms with Crippen molar-refractivity contribution >= 4 is 5.95 Å². The maximum Gasteiger partial charge on any atom is 0.222 e. The minimum absolute atomic E-state index is 0.251. The number of nitrogens with zero attached hydrogens (tertiary/aromatic N) is 3. The van der Waals surface area contributed by atoms with Gasteiger partial charge in [-0.3, -0.25) is 4.98 Å². The maximum absolute atomic E-state index is 4.41. The molecule has 2 heterocycles. The summed E-state index contributed by atoms with van der Waals surface area (Å²) in [5.41, 5.74) is 3.49. The molecule has 0 aliphatic carbocycles. The van der Waals surface area contributed by atoms with E-state index >= 15 is 0 Å². The minimum Gasteiger partial charge on any atom is -0.351 e. The number of nitrogens with one attached hydrogen (secondary N) is 1. The lowest BCUT2D eigenvalue weighted by molar-refractivity contribution is 0.753. The van der Waals surface area contributed by atoms with Gasteiger partial charge in [-0.15, -0.1) is 0 Å². The summed E-state index contributed by atoms with van der Waals surface area (Å²) in [6.07, 6.45) is 7.40. The Hall–Kier alpha value is -1.97. The SMILES string of the molecule is CCc1cnc(N[C@H](C)Cc2ncccc2C)nc1. The molecule has 1 N–H and O–H groups in total. The van der Waals surface area contributed by atoms with Crippen LogP contribution in [0.15, 0.2) is 30.7 Å². The summed E-state index contributed by atoms with van der Waals surface area (Å²) in [4.78, 5) is 13.0. The third kappa shape index (κ3) is 3.74. The van der Waals surface area contributed by atoms with Gasteiger partial charge in [0.1, 0.15) is 0 Å². The Morgan fingerprint density at radius 1 is 1.21 bits per heavy atom. The first-order valence-corrected chi connectivity index (χ1v) is 6.67. The number of hydrogen-bond donors (Lipinski definition) is 1. The summed E-state index contributed by atoms with van der Waals surface area (Å²) >= 11 is 0. The van der Waals surface area contributed by atoms with E-state index in [0.717, 1.165) is 24.1 Å². The van der Waals surface area contributed by atoms with E-state index in [0.29, 0.717) is 5.95 Å². The number of anilines is 1. The second-order valence-corrected chi connectivity index (χ2v) is 4.78. The first-order chi connectivity index (χ1) is 9.19. The number of aryl methyl sites for hydroxylation is 2. The summed E-state index contributed by atoms with van der Waals surface area (Å²) in [6.45, 7) is 6.30. The average molecular weight is 256 g/mol. The first kappa shape index (κ1) is 13.5. The van der Waals surface area contributed by atoms with Gasteiger partial charge in [-0.05, 0) is 37.5 Å². The smallest absolute Gasteiger partial charge is 0.222 e. The largest absolute Gasteiger partial charge is 0.351 e. The van der Waals surface area contributed by atoms with Crippen LogP contribution in [0.3, 0.4) is 0 Å². The lowest BCUT2D eigenvalue weighted by Gasteiger charge is -2.14. The molecule has 0 bridgehead atoms. The normalized spacial score (nSPS) is 12.2. The monoisotopic (exact) mass is 256 g/mol. The van der Waals surface area contributed by atoms with E-state index in [-0.39, 0.29) is 6.04 Å². The number of pyridine rings is 1. The van der Waals surface area contributed by atoms with Gasteiger partial charge < -0.3 is 5.32 Å². The van der Waals surface area contributed by atoms with Crippen LogP contribution in [0, 0.1) is 6.92 Å². The van der Waals surface area contributed by atoms with Crippen LogP contribution < -0.4 is 5.32 Å². The highest BCUT2D eigenvalue weighted by Gasteiger charge is 2.08. The standard InChI is InChI=1S/C15H20N4/c1-4-13-9-17-15(18-10-13)19-12(3)8-14-11(2)6-5-7-16-14/h5-7,9-10,12H,4,8H2,1-3H3,(H,17,18,19)/t12-/m1/s1. The second-order valence-electron chi connectivity index (χ2n) is 4.78. The van der Waals surface area contributed by atoms with Gasteiger partial charge in [0.2, 0.25) is 5.95 Å². The van der Waals surface area contributed by atoms with Crippen molar-refractivity contribution in [3.63, 3.8) is 0 Å². The summed E-state index contributed by atoms with van der Waals surface area (Å²) in [5.74, 6) is 0.679. The molecule has 0 spiro atoms. The minimum atomic E-state index is 0.251. The van der Waals surface area contributed by atoms with Crippen LogP contribution in [-0.4, -0.2) is 21.0 Å². The Labute approximate surface area is 114 Å². The third-order valence-corrected chi connectivity index (χ3v) is 3.11. The number of rotatable bonds is 5. The predicted octanol–water partition coefficient (Wildman–Crippen LogP) is 2.79. The van der Waals surface area contributed by atoms with Crippen molar-refractivity contribution in [2.24, 2.45) is 0 Å². The Kier molecular flexibility index (Phi) is 4.44. The number of aromatic nitrogens is 3. The Morgan fingerprint density at radius 2 is 1.95 bits per heavy atom. The molecule has 4 heteroatoms. The van der Waals surface area contributed by atoms with Crippen molar-refractivity contribution in [3.05, 3.63) is 47.5 Å². The molecule has 0 amide bonds. The van der Waals surface area contributed by atoms with Crippen LogP contribution in [0.25, 0.3) is 0 Å².